The third kappa shape index (κ3) is 3.84. The fourth-order valence-electron chi connectivity index (χ4n) is 2.55. The first-order valence-electron chi connectivity index (χ1n) is 7.50. The van der Waals surface area contributed by atoms with Gasteiger partial charge in [-0.2, -0.15) is 5.10 Å². The van der Waals surface area contributed by atoms with E-state index in [0.717, 1.165) is 24.1 Å². The molecule has 0 aromatic carbocycles. The van der Waals surface area contributed by atoms with Crippen LogP contribution >= 0.6 is 15.9 Å². The van der Waals surface area contributed by atoms with Crippen molar-refractivity contribution in [3.8, 4) is 0 Å². The van der Waals surface area contributed by atoms with Gasteiger partial charge in [0.1, 0.15) is 0 Å². The average Bonchev–Trinajstić information content (AvgIpc) is 2.46. The maximum atomic E-state index is 12.2. The van der Waals surface area contributed by atoms with E-state index in [1.54, 1.807) is 10.7 Å². The van der Waals surface area contributed by atoms with Gasteiger partial charge in [0.15, 0.2) is 0 Å². The first-order valence-corrected chi connectivity index (χ1v) is 8.62. The third-order valence-corrected chi connectivity index (χ3v) is 4.96. The minimum absolute atomic E-state index is 0.0136. The normalized spacial score (nSPS) is 17.5. The zero-order chi connectivity index (χ0) is 14.5. The van der Waals surface area contributed by atoms with Crippen LogP contribution < -0.4 is 10.5 Å². The van der Waals surface area contributed by atoms with Gasteiger partial charge in [0.2, 0.25) is 0 Å². The van der Waals surface area contributed by atoms with Gasteiger partial charge in [0, 0.05) is 31.0 Å². The second-order valence-corrected chi connectivity index (χ2v) is 6.59. The van der Waals surface area contributed by atoms with Gasteiger partial charge in [-0.1, -0.05) is 29.8 Å². The first-order chi connectivity index (χ1) is 9.61. The van der Waals surface area contributed by atoms with Gasteiger partial charge in [-0.25, -0.2) is 4.68 Å². The van der Waals surface area contributed by atoms with Crippen LogP contribution in [-0.2, 0) is 6.54 Å². The van der Waals surface area contributed by atoms with Crippen LogP contribution in [0.15, 0.2) is 17.1 Å². The highest BCUT2D eigenvalue weighted by Crippen LogP contribution is 2.18. The number of nitrogens with zero attached hydrogens (tertiary/aromatic N) is 3. The van der Waals surface area contributed by atoms with E-state index < -0.39 is 0 Å². The number of anilines is 1. The molecule has 4 nitrogen and oxygen atoms in total. The van der Waals surface area contributed by atoms with Crippen molar-refractivity contribution in [2.24, 2.45) is 11.8 Å². The molecule has 2 heterocycles. The highest BCUT2D eigenvalue weighted by Gasteiger charge is 2.16. The van der Waals surface area contributed by atoms with Crippen LogP contribution in [0.25, 0.3) is 0 Å². The first kappa shape index (κ1) is 15.5. The molecule has 1 saturated heterocycles. The van der Waals surface area contributed by atoms with E-state index in [2.05, 4.69) is 39.8 Å². The van der Waals surface area contributed by atoms with Crippen molar-refractivity contribution in [2.45, 2.75) is 39.7 Å². The molecule has 1 aliphatic rings. The van der Waals surface area contributed by atoms with Crippen LogP contribution in [0.5, 0.6) is 0 Å². The summed E-state index contributed by atoms with van der Waals surface area (Å²) in [6.45, 7) is 7.13. The molecule has 0 spiro atoms. The van der Waals surface area contributed by atoms with Crippen molar-refractivity contribution in [3.05, 3.63) is 22.6 Å². The van der Waals surface area contributed by atoms with Crippen molar-refractivity contribution < 1.29 is 0 Å². The third-order valence-electron chi connectivity index (χ3n) is 4.12. The molecule has 1 fully saturated rings. The number of hydrogen-bond acceptors (Lipinski definition) is 3. The molecule has 1 unspecified atom stereocenters. The Morgan fingerprint density at radius 3 is 2.55 bits per heavy atom. The van der Waals surface area contributed by atoms with Crippen LogP contribution in [0.4, 0.5) is 5.69 Å². The van der Waals surface area contributed by atoms with Gasteiger partial charge in [-0.15, -0.1) is 0 Å². The molecule has 112 valence electrons. The molecule has 0 N–H and O–H groups in total. The maximum absolute atomic E-state index is 12.2. The number of alkyl halides is 1. The van der Waals surface area contributed by atoms with E-state index in [9.17, 15) is 4.79 Å². The summed E-state index contributed by atoms with van der Waals surface area (Å²) in [5, 5.41) is 5.26. The smallest absolute Gasteiger partial charge is 0.268 e. The van der Waals surface area contributed by atoms with Crippen molar-refractivity contribution in [1.82, 2.24) is 9.78 Å². The predicted molar refractivity (Wildman–Crippen MR) is 86.7 cm³/mol. The van der Waals surface area contributed by atoms with E-state index in [0.29, 0.717) is 18.4 Å². The summed E-state index contributed by atoms with van der Waals surface area (Å²) < 4.78 is 1.60. The van der Waals surface area contributed by atoms with Gasteiger partial charge < -0.3 is 4.90 Å². The Morgan fingerprint density at radius 2 is 2.00 bits per heavy atom. The van der Waals surface area contributed by atoms with Crippen molar-refractivity contribution in [1.29, 1.82) is 0 Å². The van der Waals surface area contributed by atoms with Gasteiger partial charge in [0.05, 0.1) is 11.9 Å². The van der Waals surface area contributed by atoms with Gasteiger partial charge in [-0.05, 0) is 31.1 Å². The minimum Gasteiger partial charge on any atom is -0.370 e. The molecule has 0 saturated carbocycles. The Morgan fingerprint density at radius 1 is 1.30 bits per heavy atom. The van der Waals surface area contributed by atoms with Crippen LogP contribution in [0, 0.1) is 11.8 Å². The Kier molecular flexibility index (Phi) is 5.64. The Balaban J connectivity index is 2.11. The second kappa shape index (κ2) is 7.25. The van der Waals surface area contributed by atoms with Gasteiger partial charge >= 0.3 is 0 Å². The summed E-state index contributed by atoms with van der Waals surface area (Å²) >= 11 is 3.52. The van der Waals surface area contributed by atoms with E-state index in [1.165, 1.54) is 19.3 Å². The molecular weight excluding hydrogens is 318 g/mol. The van der Waals surface area contributed by atoms with E-state index >= 15 is 0 Å². The van der Waals surface area contributed by atoms with Gasteiger partial charge in [0.25, 0.3) is 5.56 Å². The molecule has 1 aromatic heterocycles. The average molecular weight is 342 g/mol. The molecule has 0 bridgehead atoms. The molecule has 5 heteroatoms. The molecule has 0 amide bonds. The minimum atomic E-state index is 0.0136. The van der Waals surface area contributed by atoms with E-state index in [1.807, 2.05) is 6.20 Å². The predicted octanol–water partition coefficient (Wildman–Crippen LogP) is 2.90. The number of hydrogen-bond donors (Lipinski definition) is 0. The second-order valence-electron chi connectivity index (χ2n) is 5.94. The molecular formula is C15H24BrN3O. The van der Waals surface area contributed by atoms with Crippen LogP contribution in [0.3, 0.4) is 0 Å². The largest absolute Gasteiger partial charge is 0.370 e. The summed E-state index contributed by atoms with van der Waals surface area (Å²) in [7, 11) is 0. The quantitative estimate of drug-likeness (QED) is 0.773. The fourth-order valence-corrected chi connectivity index (χ4v) is 3.50. The summed E-state index contributed by atoms with van der Waals surface area (Å²) in [5.74, 6) is 0.964. The Bertz CT molecular complexity index is 480. The molecule has 1 atom stereocenters. The lowest BCUT2D eigenvalue weighted by Gasteiger charge is -2.28. The zero-order valence-corrected chi connectivity index (χ0v) is 14.0. The Hall–Kier alpha value is -0.840. The topological polar surface area (TPSA) is 38.1 Å². The maximum Gasteiger partial charge on any atom is 0.268 e. The summed E-state index contributed by atoms with van der Waals surface area (Å²) in [6, 6.07) is 1.74. The molecule has 0 aliphatic carbocycles. The SMILES string of the molecule is CC(C)C(CBr)Cn1ncc(N2CCCCC2)cc1=O. The highest BCUT2D eigenvalue weighted by molar-refractivity contribution is 9.09. The summed E-state index contributed by atoms with van der Waals surface area (Å²) in [4.78, 5) is 14.5. The zero-order valence-electron chi connectivity index (χ0n) is 12.4. The molecule has 1 aliphatic heterocycles. The van der Waals surface area contributed by atoms with Crippen LogP contribution in [-0.4, -0.2) is 28.2 Å². The molecule has 2 rings (SSSR count). The lowest BCUT2D eigenvalue weighted by molar-refractivity contribution is 0.348. The molecule has 0 radical (unpaired) electrons. The molecule has 20 heavy (non-hydrogen) atoms. The van der Waals surface area contributed by atoms with Crippen molar-refractivity contribution >= 4 is 21.6 Å². The van der Waals surface area contributed by atoms with Crippen molar-refractivity contribution in [2.75, 3.05) is 23.3 Å². The summed E-state index contributed by atoms with van der Waals surface area (Å²) in [6.07, 6.45) is 5.56. The van der Waals surface area contributed by atoms with Crippen LogP contribution in [0.2, 0.25) is 0 Å². The fraction of sp³-hybridized carbons (Fsp3) is 0.733. The number of piperidine rings is 1. The van der Waals surface area contributed by atoms with Crippen molar-refractivity contribution in [3.63, 3.8) is 0 Å². The number of aromatic nitrogens is 2. The van der Waals surface area contributed by atoms with Crippen LogP contribution in [0.1, 0.15) is 33.1 Å². The van der Waals surface area contributed by atoms with Gasteiger partial charge in [-0.3, -0.25) is 4.79 Å². The number of halogens is 1. The Labute approximate surface area is 129 Å². The van der Waals surface area contributed by atoms with E-state index in [-0.39, 0.29) is 5.56 Å². The highest BCUT2D eigenvalue weighted by atomic mass is 79.9. The summed E-state index contributed by atoms with van der Waals surface area (Å²) in [5.41, 5.74) is 0.991. The lowest BCUT2D eigenvalue weighted by Crippen LogP contribution is -2.33. The standard InChI is InChI=1S/C15H24BrN3O/c1-12(2)13(9-16)11-19-15(20)8-14(10-17-19)18-6-4-3-5-7-18/h8,10,12-13H,3-7,9,11H2,1-2H3. The molecule has 1 aromatic rings. The monoisotopic (exact) mass is 341 g/mol. The lowest BCUT2D eigenvalue weighted by atomic mass is 9.98. The number of rotatable bonds is 5. The van der Waals surface area contributed by atoms with E-state index in [4.69, 9.17) is 0 Å².